The number of carbonyl (C=O) groups excluding carboxylic acids is 2. The molecule has 1 aliphatic carbocycles. The summed E-state index contributed by atoms with van der Waals surface area (Å²) in [7, 11) is 3.15. The molecule has 3 N–H and O–H groups in total. The van der Waals surface area contributed by atoms with E-state index in [9.17, 15) is 9.59 Å². The first kappa shape index (κ1) is 23.3. The lowest BCUT2D eigenvalue weighted by molar-refractivity contribution is -0.130. The maximum atomic E-state index is 13.0. The Bertz CT molecular complexity index is 700. The van der Waals surface area contributed by atoms with Crippen LogP contribution in [0.4, 0.5) is 5.69 Å². The molecular weight excluding hydrogens is 398 g/mol. The molecule has 1 saturated heterocycles. The number of carbonyl (C=O) groups is 2. The highest BCUT2D eigenvalue weighted by Gasteiger charge is 2.39. The molecule has 29 heavy (non-hydrogen) atoms. The van der Waals surface area contributed by atoms with Crippen LogP contribution in [0.1, 0.15) is 25.7 Å². The number of anilines is 1. The molecule has 2 fully saturated rings. The van der Waals surface area contributed by atoms with Crippen LogP contribution in [0.3, 0.4) is 0 Å². The van der Waals surface area contributed by atoms with E-state index in [-0.39, 0.29) is 36.9 Å². The van der Waals surface area contributed by atoms with Crippen molar-refractivity contribution in [2.24, 2.45) is 5.41 Å². The Morgan fingerprint density at radius 3 is 2.52 bits per heavy atom. The molecule has 0 unspecified atom stereocenters. The number of nitrogens with one attached hydrogen (secondary N) is 3. The number of ether oxygens (including phenoxy) is 3. The molecule has 8 nitrogen and oxygen atoms in total. The van der Waals surface area contributed by atoms with Gasteiger partial charge in [0.2, 0.25) is 5.91 Å². The van der Waals surface area contributed by atoms with Crippen LogP contribution >= 0.6 is 12.4 Å². The Morgan fingerprint density at radius 2 is 1.90 bits per heavy atom. The Labute approximate surface area is 177 Å². The first-order valence-electron chi connectivity index (χ1n) is 9.67. The normalized spacial score (nSPS) is 17.6. The van der Waals surface area contributed by atoms with Gasteiger partial charge in [-0.3, -0.25) is 9.59 Å². The first-order valence-corrected chi connectivity index (χ1v) is 9.67. The first-order chi connectivity index (χ1) is 13.6. The zero-order chi connectivity index (χ0) is 20.0. The topological polar surface area (TPSA) is 97.9 Å². The highest BCUT2D eigenvalue weighted by atomic mass is 35.5. The molecule has 1 saturated carbocycles. The molecule has 9 heteroatoms. The molecule has 2 amide bonds. The predicted molar refractivity (Wildman–Crippen MR) is 112 cm³/mol. The number of hydrogen-bond acceptors (Lipinski definition) is 6. The van der Waals surface area contributed by atoms with Crippen LogP contribution in [0.5, 0.6) is 11.5 Å². The molecule has 0 bridgehead atoms. The number of amides is 2. The molecule has 1 heterocycles. The molecule has 0 aromatic heterocycles. The van der Waals surface area contributed by atoms with Crippen LogP contribution in [0, 0.1) is 5.41 Å². The van der Waals surface area contributed by atoms with Crippen molar-refractivity contribution in [2.45, 2.75) is 31.7 Å². The summed E-state index contributed by atoms with van der Waals surface area (Å²) in [6.45, 7) is 1.85. The minimum Gasteiger partial charge on any atom is -0.493 e. The van der Waals surface area contributed by atoms with Gasteiger partial charge in [0.25, 0.3) is 5.91 Å². The van der Waals surface area contributed by atoms with Gasteiger partial charge in [0.15, 0.2) is 18.1 Å². The van der Waals surface area contributed by atoms with Crippen molar-refractivity contribution in [3.63, 3.8) is 0 Å². The van der Waals surface area contributed by atoms with E-state index in [1.807, 2.05) is 0 Å². The van der Waals surface area contributed by atoms with Crippen molar-refractivity contribution >= 4 is 29.9 Å². The van der Waals surface area contributed by atoms with E-state index in [0.717, 1.165) is 25.9 Å². The van der Waals surface area contributed by atoms with Gasteiger partial charge in [-0.2, -0.15) is 0 Å². The second-order valence-corrected chi connectivity index (χ2v) is 7.41. The zero-order valence-electron chi connectivity index (χ0n) is 16.9. The summed E-state index contributed by atoms with van der Waals surface area (Å²) in [5.74, 6) is 0.689. The second-order valence-electron chi connectivity index (χ2n) is 7.41. The molecule has 0 radical (unpaired) electrons. The number of hydrogen-bond donors (Lipinski definition) is 3. The van der Waals surface area contributed by atoms with Gasteiger partial charge in [0, 0.05) is 24.9 Å². The largest absolute Gasteiger partial charge is 0.493 e. The number of piperidine rings is 1. The van der Waals surface area contributed by atoms with Crippen LogP contribution in [0.2, 0.25) is 0 Å². The third kappa shape index (κ3) is 6.22. The summed E-state index contributed by atoms with van der Waals surface area (Å²) >= 11 is 0. The van der Waals surface area contributed by atoms with Gasteiger partial charge in [0.1, 0.15) is 0 Å². The van der Waals surface area contributed by atoms with Crippen LogP contribution in [0.15, 0.2) is 18.2 Å². The van der Waals surface area contributed by atoms with E-state index in [1.165, 1.54) is 7.11 Å². The number of halogens is 1. The van der Waals surface area contributed by atoms with Crippen molar-refractivity contribution in [3.05, 3.63) is 18.2 Å². The number of benzene rings is 1. The van der Waals surface area contributed by atoms with Gasteiger partial charge in [0.05, 0.1) is 19.1 Å². The van der Waals surface area contributed by atoms with Gasteiger partial charge in [-0.1, -0.05) is 0 Å². The van der Waals surface area contributed by atoms with Gasteiger partial charge < -0.3 is 30.2 Å². The fourth-order valence-corrected chi connectivity index (χ4v) is 3.39. The van der Waals surface area contributed by atoms with Crippen molar-refractivity contribution in [1.82, 2.24) is 10.6 Å². The summed E-state index contributed by atoms with van der Waals surface area (Å²) in [6, 6.07) is 5.44. The lowest BCUT2D eigenvalue weighted by atomic mass is 9.78. The van der Waals surface area contributed by atoms with Crippen LogP contribution in [0.25, 0.3) is 0 Å². The van der Waals surface area contributed by atoms with Gasteiger partial charge >= 0.3 is 0 Å². The van der Waals surface area contributed by atoms with Crippen molar-refractivity contribution in [1.29, 1.82) is 0 Å². The van der Waals surface area contributed by atoms with Crippen LogP contribution in [-0.2, 0) is 14.3 Å². The molecule has 0 atom stereocenters. The van der Waals surface area contributed by atoms with E-state index in [4.69, 9.17) is 14.2 Å². The summed E-state index contributed by atoms with van der Waals surface area (Å²) in [6.07, 6.45) is 3.48. The highest BCUT2D eigenvalue weighted by molar-refractivity contribution is 5.96. The van der Waals surface area contributed by atoms with Gasteiger partial charge in [-0.25, -0.2) is 0 Å². The number of rotatable bonds is 9. The zero-order valence-corrected chi connectivity index (χ0v) is 17.7. The molecule has 162 valence electrons. The molecule has 3 rings (SSSR count). The average Bonchev–Trinajstić information content (AvgIpc) is 3.51. The van der Waals surface area contributed by atoms with E-state index in [0.29, 0.717) is 36.6 Å². The second kappa shape index (κ2) is 10.7. The third-order valence-electron chi connectivity index (χ3n) is 5.19. The SMILES string of the molecule is COCC1(C(=O)Nc2ccc(OC)c(OCC(=O)NC3CC3)c2)CCNCC1.Cl. The lowest BCUT2D eigenvalue weighted by Gasteiger charge is -2.35. The van der Waals surface area contributed by atoms with Crippen molar-refractivity contribution < 1.29 is 23.8 Å². The monoisotopic (exact) mass is 427 g/mol. The summed E-state index contributed by atoms with van der Waals surface area (Å²) < 4.78 is 16.3. The van der Waals surface area contributed by atoms with E-state index >= 15 is 0 Å². The minimum absolute atomic E-state index is 0. The van der Waals surface area contributed by atoms with Crippen LogP contribution < -0.4 is 25.4 Å². The Morgan fingerprint density at radius 1 is 1.17 bits per heavy atom. The summed E-state index contributed by atoms with van der Waals surface area (Å²) in [5, 5.41) is 9.13. The standard InChI is InChI=1S/C20H29N3O5.ClH/c1-26-13-20(7-9-21-10-8-20)19(25)23-15-5-6-16(27-2)17(11-15)28-12-18(24)22-14-3-4-14;/h5-6,11,14,21H,3-4,7-10,12-13H2,1-2H3,(H,22,24)(H,23,25);1H. The Kier molecular flexibility index (Phi) is 8.55. The lowest BCUT2D eigenvalue weighted by Crippen LogP contribution is -2.47. The molecule has 2 aliphatic rings. The predicted octanol–water partition coefficient (Wildman–Crippen LogP) is 1.73. The van der Waals surface area contributed by atoms with E-state index in [2.05, 4.69) is 16.0 Å². The van der Waals surface area contributed by atoms with Gasteiger partial charge in [-0.15, -0.1) is 12.4 Å². The maximum Gasteiger partial charge on any atom is 0.258 e. The molecule has 1 aromatic carbocycles. The summed E-state index contributed by atoms with van der Waals surface area (Å²) in [4.78, 5) is 24.9. The van der Waals surface area contributed by atoms with Crippen molar-refractivity contribution in [3.8, 4) is 11.5 Å². The fraction of sp³-hybridized carbons (Fsp3) is 0.600. The highest BCUT2D eigenvalue weighted by Crippen LogP contribution is 2.34. The molecule has 1 aliphatic heterocycles. The molecular formula is C20H30ClN3O5. The Balaban J connectivity index is 0.00000300. The van der Waals surface area contributed by atoms with Gasteiger partial charge in [-0.05, 0) is 50.9 Å². The quantitative estimate of drug-likeness (QED) is 0.555. The number of methoxy groups -OCH3 is 2. The van der Waals surface area contributed by atoms with E-state index < -0.39 is 5.41 Å². The molecule has 0 spiro atoms. The van der Waals surface area contributed by atoms with E-state index in [1.54, 1.807) is 25.3 Å². The van der Waals surface area contributed by atoms with Crippen molar-refractivity contribution in [2.75, 3.05) is 45.8 Å². The Hall–Kier alpha value is -2.03. The smallest absolute Gasteiger partial charge is 0.258 e. The maximum absolute atomic E-state index is 13.0. The summed E-state index contributed by atoms with van der Waals surface area (Å²) in [5.41, 5.74) is 0.0443. The minimum atomic E-state index is -0.550. The average molecular weight is 428 g/mol. The fourth-order valence-electron chi connectivity index (χ4n) is 3.39. The molecule has 1 aromatic rings. The van der Waals surface area contributed by atoms with Crippen LogP contribution in [-0.4, -0.2) is 58.4 Å². The third-order valence-corrected chi connectivity index (χ3v) is 5.19.